The van der Waals surface area contributed by atoms with Crippen LogP contribution < -0.4 is 4.90 Å². The summed E-state index contributed by atoms with van der Waals surface area (Å²) in [5, 5.41) is 17.6. The SMILES string of the molecule is N#CC(Cc1ccc(N2CCOCC2)cc1)C(=O)O. The van der Waals surface area contributed by atoms with Crippen LogP contribution in [-0.4, -0.2) is 37.4 Å². The standard InChI is InChI=1S/C14H16N2O3/c15-10-12(14(17)18)9-11-1-3-13(4-2-11)16-5-7-19-8-6-16/h1-4,12H,5-9H2,(H,17,18). The Morgan fingerprint density at radius 2 is 2.00 bits per heavy atom. The monoisotopic (exact) mass is 260 g/mol. The quantitative estimate of drug-likeness (QED) is 0.883. The molecule has 0 saturated carbocycles. The third-order valence-corrected chi connectivity index (χ3v) is 3.21. The van der Waals surface area contributed by atoms with Gasteiger partial charge in [0.2, 0.25) is 0 Å². The first-order valence-electron chi connectivity index (χ1n) is 6.25. The second-order valence-electron chi connectivity index (χ2n) is 4.49. The number of carboxylic acid groups (broad SMARTS) is 1. The normalized spacial score (nSPS) is 16.7. The fraction of sp³-hybridized carbons (Fsp3) is 0.429. The summed E-state index contributed by atoms with van der Waals surface area (Å²) in [4.78, 5) is 13.0. The van der Waals surface area contributed by atoms with Gasteiger partial charge < -0.3 is 14.7 Å². The van der Waals surface area contributed by atoms with Crippen LogP contribution in [0.5, 0.6) is 0 Å². The molecule has 1 heterocycles. The van der Waals surface area contributed by atoms with E-state index in [1.165, 1.54) is 0 Å². The molecule has 0 radical (unpaired) electrons. The first kappa shape index (κ1) is 13.4. The van der Waals surface area contributed by atoms with Crippen molar-refractivity contribution >= 4 is 11.7 Å². The van der Waals surface area contributed by atoms with Crippen molar-refractivity contribution < 1.29 is 14.6 Å². The zero-order valence-electron chi connectivity index (χ0n) is 10.6. The second-order valence-corrected chi connectivity index (χ2v) is 4.49. The first-order valence-corrected chi connectivity index (χ1v) is 6.25. The average molecular weight is 260 g/mol. The molecule has 0 spiro atoms. The minimum Gasteiger partial charge on any atom is -0.480 e. The fourth-order valence-electron chi connectivity index (χ4n) is 2.09. The van der Waals surface area contributed by atoms with E-state index in [0.29, 0.717) is 0 Å². The van der Waals surface area contributed by atoms with Gasteiger partial charge in [0.25, 0.3) is 0 Å². The molecule has 1 aromatic rings. The lowest BCUT2D eigenvalue weighted by Gasteiger charge is -2.28. The average Bonchev–Trinajstić information content (AvgIpc) is 2.46. The molecular weight excluding hydrogens is 244 g/mol. The molecule has 1 N–H and O–H groups in total. The number of anilines is 1. The van der Waals surface area contributed by atoms with Crippen LogP contribution in [0.25, 0.3) is 0 Å². The van der Waals surface area contributed by atoms with E-state index in [2.05, 4.69) is 4.90 Å². The minimum atomic E-state index is -1.07. The van der Waals surface area contributed by atoms with E-state index in [1.807, 2.05) is 24.3 Å². The second kappa shape index (κ2) is 6.21. The first-order chi connectivity index (χ1) is 9.20. The van der Waals surface area contributed by atoms with Crippen LogP contribution in [0.4, 0.5) is 5.69 Å². The van der Waals surface area contributed by atoms with Crippen molar-refractivity contribution in [2.24, 2.45) is 5.92 Å². The predicted molar refractivity (Wildman–Crippen MR) is 69.9 cm³/mol. The minimum absolute atomic E-state index is 0.245. The summed E-state index contributed by atoms with van der Waals surface area (Å²) in [7, 11) is 0. The summed E-state index contributed by atoms with van der Waals surface area (Å²) >= 11 is 0. The topological polar surface area (TPSA) is 73.6 Å². The van der Waals surface area contributed by atoms with Crippen LogP contribution in [0.2, 0.25) is 0 Å². The largest absolute Gasteiger partial charge is 0.480 e. The van der Waals surface area contributed by atoms with Gasteiger partial charge in [0.15, 0.2) is 0 Å². The molecule has 2 rings (SSSR count). The maximum atomic E-state index is 10.8. The molecule has 1 unspecified atom stereocenters. The van der Waals surface area contributed by atoms with Crippen molar-refractivity contribution in [3.63, 3.8) is 0 Å². The molecule has 5 nitrogen and oxygen atoms in total. The summed E-state index contributed by atoms with van der Waals surface area (Å²) in [5.41, 5.74) is 1.97. The van der Waals surface area contributed by atoms with Crippen molar-refractivity contribution in [3.05, 3.63) is 29.8 Å². The number of hydrogen-bond donors (Lipinski definition) is 1. The van der Waals surface area contributed by atoms with E-state index in [-0.39, 0.29) is 6.42 Å². The number of hydrogen-bond acceptors (Lipinski definition) is 4. The van der Waals surface area contributed by atoms with Gasteiger partial charge in [-0.25, -0.2) is 0 Å². The molecule has 1 fully saturated rings. The molecule has 0 amide bonds. The number of nitrogens with zero attached hydrogens (tertiary/aromatic N) is 2. The van der Waals surface area contributed by atoms with Crippen molar-refractivity contribution in [1.82, 2.24) is 0 Å². The highest BCUT2D eigenvalue weighted by molar-refractivity contribution is 5.73. The van der Waals surface area contributed by atoms with Gasteiger partial charge in [0.1, 0.15) is 5.92 Å². The van der Waals surface area contributed by atoms with Crippen LogP contribution in [0.15, 0.2) is 24.3 Å². The fourth-order valence-corrected chi connectivity index (χ4v) is 2.09. The van der Waals surface area contributed by atoms with Crippen LogP contribution in [-0.2, 0) is 16.0 Å². The number of ether oxygens (including phenoxy) is 1. The molecule has 1 aromatic carbocycles. The summed E-state index contributed by atoms with van der Waals surface area (Å²) in [5.74, 6) is -2.05. The number of nitriles is 1. The van der Waals surface area contributed by atoms with E-state index in [4.69, 9.17) is 15.1 Å². The van der Waals surface area contributed by atoms with Gasteiger partial charge in [-0.3, -0.25) is 4.79 Å². The zero-order valence-corrected chi connectivity index (χ0v) is 10.6. The van der Waals surface area contributed by atoms with E-state index in [9.17, 15) is 4.79 Å². The molecule has 0 aliphatic carbocycles. The Labute approximate surface area is 112 Å². The molecule has 0 aromatic heterocycles. The molecule has 100 valence electrons. The predicted octanol–water partition coefficient (Wildman–Crippen LogP) is 1.29. The van der Waals surface area contributed by atoms with Crippen LogP contribution >= 0.6 is 0 Å². The highest BCUT2D eigenvalue weighted by Crippen LogP contribution is 2.18. The molecule has 1 aliphatic heterocycles. The Morgan fingerprint density at radius 1 is 1.37 bits per heavy atom. The molecular formula is C14H16N2O3. The highest BCUT2D eigenvalue weighted by Gasteiger charge is 2.17. The smallest absolute Gasteiger partial charge is 0.321 e. The van der Waals surface area contributed by atoms with Crippen LogP contribution in [0, 0.1) is 17.2 Å². The maximum Gasteiger partial charge on any atom is 0.321 e. The van der Waals surface area contributed by atoms with Gasteiger partial charge in [-0.1, -0.05) is 12.1 Å². The van der Waals surface area contributed by atoms with E-state index >= 15 is 0 Å². The number of carboxylic acids is 1. The molecule has 5 heteroatoms. The van der Waals surface area contributed by atoms with Gasteiger partial charge in [0, 0.05) is 18.8 Å². The summed E-state index contributed by atoms with van der Waals surface area (Å²) in [6, 6.07) is 9.51. The Kier molecular flexibility index (Phi) is 4.37. The number of carbonyl (C=O) groups is 1. The van der Waals surface area contributed by atoms with Crippen LogP contribution in [0.3, 0.4) is 0 Å². The Balaban J connectivity index is 2.02. The van der Waals surface area contributed by atoms with Gasteiger partial charge in [-0.15, -0.1) is 0 Å². The van der Waals surface area contributed by atoms with Gasteiger partial charge in [0.05, 0.1) is 19.3 Å². The number of morpholine rings is 1. The maximum absolute atomic E-state index is 10.8. The Bertz CT molecular complexity index is 472. The Morgan fingerprint density at radius 3 is 2.53 bits per heavy atom. The van der Waals surface area contributed by atoms with E-state index < -0.39 is 11.9 Å². The zero-order chi connectivity index (χ0) is 13.7. The molecule has 1 atom stereocenters. The van der Waals surface area contributed by atoms with Crippen molar-refractivity contribution in [2.45, 2.75) is 6.42 Å². The van der Waals surface area contributed by atoms with E-state index in [0.717, 1.165) is 37.6 Å². The summed E-state index contributed by atoms with van der Waals surface area (Å²) < 4.78 is 5.30. The van der Waals surface area contributed by atoms with Crippen LogP contribution in [0.1, 0.15) is 5.56 Å². The van der Waals surface area contributed by atoms with Gasteiger partial charge in [-0.05, 0) is 24.1 Å². The third kappa shape index (κ3) is 3.46. The molecule has 1 saturated heterocycles. The van der Waals surface area contributed by atoms with Crippen molar-refractivity contribution in [3.8, 4) is 6.07 Å². The summed E-state index contributed by atoms with van der Waals surface area (Å²) in [6.07, 6.45) is 0.245. The van der Waals surface area contributed by atoms with Gasteiger partial charge >= 0.3 is 5.97 Å². The number of aliphatic carboxylic acids is 1. The molecule has 19 heavy (non-hydrogen) atoms. The van der Waals surface area contributed by atoms with E-state index in [1.54, 1.807) is 6.07 Å². The summed E-state index contributed by atoms with van der Waals surface area (Å²) in [6.45, 7) is 3.21. The lowest BCUT2D eigenvalue weighted by Crippen LogP contribution is -2.36. The van der Waals surface area contributed by atoms with Crippen molar-refractivity contribution in [2.75, 3.05) is 31.2 Å². The number of benzene rings is 1. The van der Waals surface area contributed by atoms with Crippen molar-refractivity contribution in [1.29, 1.82) is 5.26 Å². The highest BCUT2D eigenvalue weighted by atomic mass is 16.5. The van der Waals surface area contributed by atoms with Gasteiger partial charge in [-0.2, -0.15) is 5.26 Å². The Hall–Kier alpha value is -2.06. The lowest BCUT2D eigenvalue weighted by atomic mass is 10.0. The third-order valence-electron chi connectivity index (χ3n) is 3.21. The molecule has 0 bridgehead atoms. The number of rotatable bonds is 4. The lowest BCUT2D eigenvalue weighted by molar-refractivity contribution is -0.139. The molecule has 1 aliphatic rings.